The lowest BCUT2D eigenvalue weighted by atomic mass is 10.0. The van der Waals surface area contributed by atoms with Crippen molar-refractivity contribution in [2.45, 2.75) is 83.5 Å². The summed E-state index contributed by atoms with van der Waals surface area (Å²) in [5, 5.41) is 14.8. The summed E-state index contributed by atoms with van der Waals surface area (Å²) in [5.74, 6) is -2.39. The van der Waals surface area contributed by atoms with E-state index in [4.69, 9.17) is 11.5 Å². The lowest BCUT2D eigenvalue weighted by molar-refractivity contribution is -0.525. The van der Waals surface area contributed by atoms with E-state index < -0.39 is 46.9 Å². The average Bonchev–Trinajstić information content (AvgIpc) is 3.57. The summed E-state index contributed by atoms with van der Waals surface area (Å²) in [5.41, 5.74) is 13.1. The van der Waals surface area contributed by atoms with Gasteiger partial charge in [0.25, 0.3) is 5.96 Å². The van der Waals surface area contributed by atoms with Crippen LogP contribution >= 0.6 is 0 Å². The highest BCUT2D eigenvalue weighted by Crippen LogP contribution is 2.21. The zero-order valence-electron chi connectivity index (χ0n) is 23.3. The van der Waals surface area contributed by atoms with Crippen LogP contribution in [0.4, 0.5) is 0 Å². The molecule has 0 aromatic heterocycles. The van der Waals surface area contributed by atoms with E-state index in [1.165, 1.54) is 16.7 Å². The van der Waals surface area contributed by atoms with Gasteiger partial charge in [-0.3, -0.25) is 24.0 Å². The van der Waals surface area contributed by atoms with E-state index in [-0.39, 0.29) is 43.1 Å². The molecule has 0 radical (unpaired) electrons. The number of nitro groups is 1. The fourth-order valence-electron chi connectivity index (χ4n) is 4.77. The summed E-state index contributed by atoms with van der Waals surface area (Å²) in [6, 6.07) is -3.03. The van der Waals surface area contributed by atoms with E-state index in [0.29, 0.717) is 45.2 Å². The van der Waals surface area contributed by atoms with Crippen molar-refractivity contribution < 1.29 is 29.0 Å². The maximum absolute atomic E-state index is 13.0. The number of nitrogens with two attached hydrogens (primary N) is 2. The van der Waals surface area contributed by atoms with Crippen LogP contribution in [0.1, 0.15) is 59.3 Å². The maximum atomic E-state index is 13.0. The molecule has 2 heterocycles. The van der Waals surface area contributed by atoms with Gasteiger partial charge in [-0.2, -0.15) is 0 Å². The van der Waals surface area contributed by atoms with Crippen LogP contribution in [0, 0.1) is 16.0 Å². The third kappa shape index (κ3) is 9.14. The number of hydrogen-bond donors (Lipinski definition) is 5. The van der Waals surface area contributed by atoms with Gasteiger partial charge in [-0.25, -0.2) is 15.1 Å². The average molecular weight is 568 g/mol. The second-order valence-corrected chi connectivity index (χ2v) is 10.4. The number of ketones is 1. The number of likely N-dealkylation sites (tertiary alicyclic amines) is 2. The van der Waals surface area contributed by atoms with Crippen molar-refractivity contribution in [3.05, 3.63) is 10.1 Å². The van der Waals surface area contributed by atoms with Crippen LogP contribution in [0.3, 0.4) is 0 Å². The van der Waals surface area contributed by atoms with Crippen LogP contribution in [0.15, 0.2) is 4.99 Å². The zero-order chi connectivity index (χ0) is 30.0. The Morgan fingerprint density at radius 2 is 1.65 bits per heavy atom. The first kappa shape index (κ1) is 32.4. The smallest absolute Gasteiger partial charge is 0.251 e. The number of Topliss-reactive ketones (excluding diaryl/α,β-unsaturated/α-hetero) is 1. The Labute approximate surface area is 232 Å². The molecule has 40 heavy (non-hydrogen) atoms. The van der Waals surface area contributed by atoms with E-state index in [0.717, 1.165) is 0 Å². The number of carbonyl (C=O) groups is 5. The molecule has 0 saturated carbocycles. The number of hydrazine groups is 1. The minimum atomic E-state index is -0.842. The molecule has 2 saturated heterocycles. The molecule has 2 aliphatic rings. The van der Waals surface area contributed by atoms with Gasteiger partial charge in [0.2, 0.25) is 23.6 Å². The first-order chi connectivity index (χ1) is 18.8. The van der Waals surface area contributed by atoms with E-state index in [1.807, 2.05) is 13.8 Å². The molecule has 7 N–H and O–H groups in total. The molecule has 4 unspecified atom stereocenters. The fraction of sp³-hybridized carbons (Fsp3) is 0.750. The Morgan fingerprint density at radius 3 is 2.23 bits per heavy atom. The van der Waals surface area contributed by atoms with E-state index in [9.17, 15) is 34.1 Å². The minimum absolute atomic E-state index is 0.0791. The van der Waals surface area contributed by atoms with Gasteiger partial charge in [0.15, 0.2) is 10.8 Å². The number of carbonyl (C=O) groups excluding carboxylic acids is 5. The lowest BCUT2D eigenvalue weighted by Gasteiger charge is -2.29. The predicted octanol–water partition coefficient (Wildman–Crippen LogP) is -1.98. The minimum Gasteiger partial charge on any atom is -0.365 e. The number of rotatable bonds is 13. The fourth-order valence-corrected chi connectivity index (χ4v) is 4.77. The highest BCUT2D eigenvalue weighted by molar-refractivity contribution is 5.95. The molecule has 4 atom stereocenters. The van der Waals surface area contributed by atoms with Crippen molar-refractivity contribution in [1.29, 1.82) is 0 Å². The second-order valence-electron chi connectivity index (χ2n) is 10.4. The third-order valence-corrected chi connectivity index (χ3v) is 7.08. The first-order valence-corrected chi connectivity index (χ1v) is 13.5. The quantitative estimate of drug-likeness (QED) is 0.0540. The van der Waals surface area contributed by atoms with Crippen LogP contribution in [0.5, 0.6) is 0 Å². The molecule has 16 nitrogen and oxygen atoms in total. The molecule has 0 aromatic carbocycles. The highest BCUT2D eigenvalue weighted by Gasteiger charge is 2.38. The van der Waals surface area contributed by atoms with Crippen molar-refractivity contribution in [1.82, 2.24) is 25.9 Å². The number of aliphatic imine (C=N–C) groups is 1. The summed E-state index contributed by atoms with van der Waals surface area (Å²) >= 11 is 0. The number of amides is 4. The normalized spacial score (nSPS) is 20.7. The molecule has 0 aromatic rings. The summed E-state index contributed by atoms with van der Waals surface area (Å²) in [7, 11) is 0. The van der Waals surface area contributed by atoms with Gasteiger partial charge < -0.3 is 31.9 Å². The van der Waals surface area contributed by atoms with E-state index in [2.05, 4.69) is 15.6 Å². The molecule has 16 heteroatoms. The van der Waals surface area contributed by atoms with Crippen molar-refractivity contribution >= 4 is 35.4 Å². The van der Waals surface area contributed by atoms with Crippen LogP contribution < -0.4 is 27.5 Å². The molecule has 4 amide bonds. The SMILES string of the molecule is CC(=O)C(CCCN=C(N)N[N+](=O)[O-])NC(=O)C1CCCN1C(=O)CNC(=O)C1CCCN1C(=O)C(N)C(C)C. The Hall–Kier alpha value is -3.82. The van der Waals surface area contributed by atoms with Crippen LogP contribution in [0.25, 0.3) is 0 Å². The summed E-state index contributed by atoms with van der Waals surface area (Å²) in [4.78, 5) is 80.6. The third-order valence-electron chi connectivity index (χ3n) is 7.08. The van der Waals surface area contributed by atoms with Crippen molar-refractivity contribution in [3.8, 4) is 0 Å². The monoisotopic (exact) mass is 567 g/mol. The van der Waals surface area contributed by atoms with Gasteiger partial charge in [0.1, 0.15) is 12.1 Å². The second kappa shape index (κ2) is 15.1. The van der Waals surface area contributed by atoms with Crippen LogP contribution in [-0.2, 0) is 24.0 Å². The molecule has 0 spiro atoms. The molecule has 2 aliphatic heterocycles. The lowest BCUT2D eigenvalue weighted by Crippen LogP contribution is -2.55. The molecule has 0 bridgehead atoms. The largest absolute Gasteiger partial charge is 0.365 e. The Bertz CT molecular complexity index is 1000. The van der Waals surface area contributed by atoms with Crippen molar-refractivity contribution in [3.63, 3.8) is 0 Å². The zero-order valence-corrected chi connectivity index (χ0v) is 23.3. The number of hydrogen-bond acceptors (Lipinski definition) is 9. The Kier molecular flexibility index (Phi) is 12.2. The van der Waals surface area contributed by atoms with Gasteiger partial charge in [-0.1, -0.05) is 19.3 Å². The van der Waals surface area contributed by atoms with E-state index in [1.54, 1.807) is 5.43 Å². The molecule has 0 aliphatic carbocycles. The first-order valence-electron chi connectivity index (χ1n) is 13.5. The molecule has 224 valence electrons. The van der Waals surface area contributed by atoms with Crippen molar-refractivity contribution in [2.75, 3.05) is 26.2 Å². The standard InChI is InChI=1S/C24H41N9O7/c1-14(2)20(25)23(38)32-12-6-8-17(32)21(36)28-13-19(35)31-11-5-9-18(31)22(37)29-16(15(3)34)7-4-10-27-24(26)30-33(39)40/h14,16-18,20H,4-13,25H2,1-3H3,(H,28,36)(H,29,37)(H3,26,27,30). The number of nitrogens with one attached hydrogen (secondary N) is 3. The Morgan fingerprint density at radius 1 is 1.05 bits per heavy atom. The number of nitrogens with zero attached hydrogens (tertiary/aromatic N) is 4. The summed E-state index contributed by atoms with van der Waals surface area (Å²) < 4.78 is 0. The van der Waals surface area contributed by atoms with Crippen LogP contribution in [0.2, 0.25) is 0 Å². The molecular weight excluding hydrogens is 526 g/mol. The number of guanidine groups is 1. The van der Waals surface area contributed by atoms with Gasteiger partial charge in [0.05, 0.1) is 18.6 Å². The van der Waals surface area contributed by atoms with Crippen molar-refractivity contribution in [2.24, 2.45) is 22.4 Å². The van der Waals surface area contributed by atoms with Gasteiger partial charge in [-0.05, 0) is 51.4 Å². The predicted molar refractivity (Wildman–Crippen MR) is 144 cm³/mol. The molecule has 2 rings (SSSR count). The van der Waals surface area contributed by atoms with Crippen LogP contribution in [-0.4, -0.2) is 101 Å². The molecule has 2 fully saturated rings. The van der Waals surface area contributed by atoms with Gasteiger partial charge in [-0.15, -0.1) is 0 Å². The Balaban J connectivity index is 1.90. The van der Waals surface area contributed by atoms with E-state index >= 15 is 0 Å². The maximum Gasteiger partial charge on any atom is 0.251 e. The summed E-state index contributed by atoms with van der Waals surface area (Å²) in [6.45, 7) is 5.52. The topological polar surface area (TPSA) is 235 Å². The summed E-state index contributed by atoms with van der Waals surface area (Å²) in [6.07, 6.45) is 2.67. The highest BCUT2D eigenvalue weighted by atomic mass is 16.7. The van der Waals surface area contributed by atoms with Gasteiger partial charge >= 0.3 is 0 Å². The molecular formula is C24H41N9O7. The van der Waals surface area contributed by atoms with Gasteiger partial charge in [0, 0.05) is 19.6 Å².